The number of H-pyrrole nitrogens is 1. The van der Waals surface area contributed by atoms with Crippen molar-refractivity contribution in [2.45, 2.75) is 32.1 Å². The van der Waals surface area contributed by atoms with Gasteiger partial charge in [-0.25, -0.2) is 0 Å². The van der Waals surface area contributed by atoms with E-state index < -0.39 is 0 Å². The van der Waals surface area contributed by atoms with Crippen LogP contribution in [0.5, 0.6) is 0 Å². The van der Waals surface area contributed by atoms with E-state index in [0.29, 0.717) is 12.3 Å². The largest absolute Gasteiger partial charge is 0.342 e. The Balaban J connectivity index is 1.63. The highest BCUT2D eigenvalue weighted by Crippen LogP contribution is 2.25. The monoisotopic (exact) mass is 283 g/mol. The molecule has 3 rings (SSSR count). The van der Waals surface area contributed by atoms with Gasteiger partial charge in [0.25, 0.3) is 0 Å². The van der Waals surface area contributed by atoms with Gasteiger partial charge in [-0.3, -0.25) is 9.89 Å². The van der Waals surface area contributed by atoms with E-state index in [4.69, 9.17) is 0 Å². The summed E-state index contributed by atoms with van der Waals surface area (Å²) in [6, 6.07) is 10.2. The van der Waals surface area contributed by atoms with Crippen molar-refractivity contribution in [1.82, 2.24) is 15.1 Å². The van der Waals surface area contributed by atoms with Gasteiger partial charge in [0.1, 0.15) is 0 Å². The third kappa shape index (κ3) is 3.32. The van der Waals surface area contributed by atoms with Crippen LogP contribution in [-0.2, 0) is 11.2 Å². The first-order valence-corrected chi connectivity index (χ1v) is 7.55. The quantitative estimate of drug-likeness (QED) is 0.941. The molecule has 1 aliphatic rings. The van der Waals surface area contributed by atoms with E-state index in [-0.39, 0.29) is 5.91 Å². The number of nitrogens with zero attached hydrogens (tertiary/aromatic N) is 2. The van der Waals surface area contributed by atoms with E-state index in [1.165, 1.54) is 5.56 Å². The number of rotatable bonds is 3. The fourth-order valence-electron chi connectivity index (χ4n) is 2.94. The van der Waals surface area contributed by atoms with Crippen molar-refractivity contribution in [3.8, 4) is 0 Å². The molecule has 0 radical (unpaired) electrons. The molecule has 1 aliphatic heterocycles. The molecule has 1 amide bonds. The van der Waals surface area contributed by atoms with Crippen molar-refractivity contribution in [1.29, 1.82) is 0 Å². The van der Waals surface area contributed by atoms with Crippen molar-refractivity contribution in [3.05, 3.63) is 53.3 Å². The molecule has 110 valence electrons. The molecule has 4 heteroatoms. The first kappa shape index (κ1) is 13.9. The van der Waals surface area contributed by atoms with Crippen LogP contribution in [0, 0.1) is 6.92 Å². The SMILES string of the molecule is Cc1ccc(CC(=O)N2CCCC(c3ccn[nH]3)C2)cc1. The average Bonchev–Trinajstić information content (AvgIpc) is 3.04. The highest BCUT2D eigenvalue weighted by molar-refractivity contribution is 5.79. The topological polar surface area (TPSA) is 49.0 Å². The molecule has 0 saturated carbocycles. The molecule has 21 heavy (non-hydrogen) atoms. The van der Waals surface area contributed by atoms with E-state index in [2.05, 4.69) is 29.3 Å². The van der Waals surface area contributed by atoms with Gasteiger partial charge < -0.3 is 4.90 Å². The Kier molecular flexibility index (Phi) is 4.04. The zero-order valence-electron chi connectivity index (χ0n) is 12.4. The van der Waals surface area contributed by atoms with Crippen LogP contribution in [0.3, 0.4) is 0 Å². The van der Waals surface area contributed by atoms with Gasteiger partial charge in [-0.05, 0) is 31.4 Å². The van der Waals surface area contributed by atoms with Crippen LogP contribution < -0.4 is 0 Å². The fourth-order valence-corrected chi connectivity index (χ4v) is 2.94. The van der Waals surface area contributed by atoms with E-state index in [0.717, 1.165) is 37.2 Å². The minimum atomic E-state index is 0.225. The Bertz CT molecular complexity index is 589. The summed E-state index contributed by atoms with van der Waals surface area (Å²) in [5.41, 5.74) is 3.46. The Morgan fingerprint density at radius 3 is 2.86 bits per heavy atom. The molecule has 2 heterocycles. The summed E-state index contributed by atoms with van der Waals surface area (Å²) >= 11 is 0. The maximum absolute atomic E-state index is 12.5. The molecular weight excluding hydrogens is 262 g/mol. The lowest BCUT2D eigenvalue weighted by atomic mass is 9.94. The number of aryl methyl sites for hydroxylation is 1. The molecule has 1 unspecified atom stereocenters. The first-order chi connectivity index (χ1) is 10.2. The smallest absolute Gasteiger partial charge is 0.227 e. The summed E-state index contributed by atoms with van der Waals surface area (Å²) in [7, 11) is 0. The Hall–Kier alpha value is -2.10. The molecule has 0 bridgehead atoms. The van der Waals surface area contributed by atoms with Gasteiger partial charge in [0.15, 0.2) is 0 Å². The molecule has 1 fully saturated rings. The van der Waals surface area contributed by atoms with Crippen molar-refractivity contribution in [3.63, 3.8) is 0 Å². The number of hydrogen-bond donors (Lipinski definition) is 1. The molecule has 1 aromatic carbocycles. The molecule has 1 saturated heterocycles. The summed E-state index contributed by atoms with van der Waals surface area (Å²) in [6.45, 7) is 3.73. The predicted molar refractivity (Wildman–Crippen MR) is 82.0 cm³/mol. The lowest BCUT2D eigenvalue weighted by Gasteiger charge is -2.32. The summed E-state index contributed by atoms with van der Waals surface area (Å²) in [6.07, 6.45) is 4.46. The minimum Gasteiger partial charge on any atom is -0.342 e. The van der Waals surface area contributed by atoms with Crippen molar-refractivity contribution >= 4 is 5.91 Å². The van der Waals surface area contributed by atoms with E-state index >= 15 is 0 Å². The third-order valence-corrected chi connectivity index (χ3v) is 4.21. The Labute approximate surface area is 125 Å². The van der Waals surface area contributed by atoms with Gasteiger partial charge in [0.05, 0.1) is 6.42 Å². The number of nitrogens with one attached hydrogen (secondary N) is 1. The summed E-state index contributed by atoms with van der Waals surface area (Å²) in [4.78, 5) is 14.5. The molecule has 1 aromatic heterocycles. The molecule has 2 aromatic rings. The zero-order valence-corrected chi connectivity index (χ0v) is 12.4. The molecule has 4 nitrogen and oxygen atoms in total. The number of piperidine rings is 1. The Morgan fingerprint density at radius 2 is 2.14 bits per heavy atom. The average molecular weight is 283 g/mol. The number of amides is 1. The normalized spacial score (nSPS) is 18.7. The van der Waals surface area contributed by atoms with Crippen LogP contribution in [-0.4, -0.2) is 34.1 Å². The van der Waals surface area contributed by atoms with Gasteiger partial charge in [-0.1, -0.05) is 29.8 Å². The molecule has 0 spiro atoms. The van der Waals surface area contributed by atoms with E-state index in [1.54, 1.807) is 6.20 Å². The van der Waals surface area contributed by atoms with Crippen molar-refractivity contribution in [2.75, 3.05) is 13.1 Å². The first-order valence-electron chi connectivity index (χ1n) is 7.55. The highest BCUT2D eigenvalue weighted by atomic mass is 16.2. The second-order valence-corrected chi connectivity index (χ2v) is 5.85. The zero-order chi connectivity index (χ0) is 14.7. The number of hydrogen-bond acceptors (Lipinski definition) is 2. The van der Waals surface area contributed by atoms with Gasteiger partial charge in [0.2, 0.25) is 5.91 Å². The van der Waals surface area contributed by atoms with Crippen LogP contribution in [0.4, 0.5) is 0 Å². The Morgan fingerprint density at radius 1 is 1.33 bits per heavy atom. The minimum absolute atomic E-state index is 0.225. The number of aromatic nitrogens is 2. The fraction of sp³-hybridized carbons (Fsp3) is 0.412. The third-order valence-electron chi connectivity index (χ3n) is 4.21. The molecule has 1 N–H and O–H groups in total. The summed E-state index contributed by atoms with van der Waals surface area (Å²) in [5, 5.41) is 7.05. The lowest BCUT2D eigenvalue weighted by Crippen LogP contribution is -2.40. The number of likely N-dealkylation sites (tertiary alicyclic amines) is 1. The number of aromatic amines is 1. The van der Waals surface area contributed by atoms with Crippen molar-refractivity contribution in [2.24, 2.45) is 0 Å². The number of carbonyl (C=O) groups excluding carboxylic acids is 1. The second kappa shape index (κ2) is 6.12. The second-order valence-electron chi connectivity index (χ2n) is 5.85. The standard InChI is InChI=1S/C17H21N3O/c1-13-4-6-14(7-5-13)11-17(21)20-10-2-3-15(12-20)16-8-9-18-19-16/h4-9,15H,2-3,10-12H2,1H3,(H,18,19). The molecule has 1 atom stereocenters. The van der Waals surface area contributed by atoms with E-state index in [9.17, 15) is 4.79 Å². The maximum Gasteiger partial charge on any atom is 0.227 e. The molecular formula is C17H21N3O. The maximum atomic E-state index is 12.5. The summed E-state index contributed by atoms with van der Waals surface area (Å²) < 4.78 is 0. The van der Waals surface area contributed by atoms with Crippen LogP contribution in [0.15, 0.2) is 36.5 Å². The molecule has 0 aliphatic carbocycles. The van der Waals surface area contributed by atoms with Crippen LogP contribution in [0.1, 0.15) is 35.6 Å². The van der Waals surface area contributed by atoms with Crippen LogP contribution in [0.2, 0.25) is 0 Å². The van der Waals surface area contributed by atoms with Crippen LogP contribution >= 0.6 is 0 Å². The van der Waals surface area contributed by atoms with Gasteiger partial charge in [-0.2, -0.15) is 5.10 Å². The van der Waals surface area contributed by atoms with Gasteiger partial charge >= 0.3 is 0 Å². The van der Waals surface area contributed by atoms with Gasteiger partial charge in [-0.15, -0.1) is 0 Å². The van der Waals surface area contributed by atoms with Crippen LogP contribution in [0.25, 0.3) is 0 Å². The predicted octanol–water partition coefficient (Wildman–Crippen LogP) is 2.67. The van der Waals surface area contributed by atoms with Gasteiger partial charge in [0, 0.05) is 30.9 Å². The highest BCUT2D eigenvalue weighted by Gasteiger charge is 2.25. The van der Waals surface area contributed by atoms with E-state index in [1.807, 2.05) is 23.1 Å². The van der Waals surface area contributed by atoms with Crippen molar-refractivity contribution < 1.29 is 4.79 Å². The number of benzene rings is 1. The number of carbonyl (C=O) groups is 1. The lowest BCUT2D eigenvalue weighted by molar-refractivity contribution is -0.131. The summed E-state index contributed by atoms with van der Waals surface area (Å²) in [5.74, 6) is 0.617.